The lowest BCUT2D eigenvalue weighted by Crippen LogP contribution is -2.20. The first-order valence-corrected chi connectivity index (χ1v) is 11.4. The molecule has 182 valence electrons. The van der Waals surface area contributed by atoms with Gasteiger partial charge in [0.1, 0.15) is 34.5 Å². The first kappa shape index (κ1) is 24.3. The van der Waals surface area contributed by atoms with Crippen molar-refractivity contribution in [3.8, 4) is 22.8 Å². The maximum absolute atomic E-state index is 14.3. The lowest BCUT2D eigenvalue weighted by atomic mass is 10.00. The first-order valence-electron chi connectivity index (χ1n) is 11.1. The molecule has 2 aromatic carbocycles. The maximum atomic E-state index is 14.3. The van der Waals surface area contributed by atoms with Crippen LogP contribution in [0.2, 0.25) is 5.02 Å². The van der Waals surface area contributed by atoms with E-state index in [1.165, 1.54) is 12.3 Å². The van der Waals surface area contributed by atoms with Gasteiger partial charge in [0.15, 0.2) is 6.61 Å². The van der Waals surface area contributed by atoms with Crippen LogP contribution < -0.4 is 20.5 Å². The summed E-state index contributed by atoms with van der Waals surface area (Å²) in [6.07, 6.45) is 1.98. The van der Waals surface area contributed by atoms with Crippen molar-refractivity contribution in [2.24, 2.45) is 5.73 Å². The number of nitrogens with one attached hydrogen (secondary N) is 1. The van der Waals surface area contributed by atoms with Crippen molar-refractivity contribution in [1.29, 1.82) is 0 Å². The molecule has 4 rings (SSSR count). The average molecular weight is 497 g/mol. The topological polar surface area (TPSA) is 90.9 Å². The minimum absolute atomic E-state index is 0.319. The van der Waals surface area contributed by atoms with Gasteiger partial charge in [0.05, 0.1) is 7.11 Å². The standard InChI is InChI=1S/C26H26ClFN4O3/c1-5-16-10-18(34-4)11-20(35-13-21(29)33)23(16)25-26(32-12-17(28)7-9-22(32)30-25)31-24-14(2)6-8-19(27)15(24)3/h6-12,31H,5,13H2,1-4H3,(H2,29,33). The van der Waals surface area contributed by atoms with Crippen molar-refractivity contribution in [3.63, 3.8) is 0 Å². The minimum atomic E-state index is -0.614. The smallest absolute Gasteiger partial charge is 0.255 e. The van der Waals surface area contributed by atoms with E-state index in [0.29, 0.717) is 45.7 Å². The molecule has 0 saturated heterocycles. The molecule has 3 N–H and O–H groups in total. The molecule has 0 atom stereocenters. The van der Waals surface area contributed by atoms with Crippen LogP contribution in [0.1, 0.15) is 23.6 Å². The summed E-state index contributed by atoms with van der Waals surface area (Å²) in [5.41, 5.74) is 10.5. The second-order valence-electron chi connectivity index (χ2n) is 8.14. The Balaban J connectivity index is 2.02. The maximum Gasteiger partial charge on any atom is 0.255 e. The number of primary amides is 1. The second-order valence-corrected chi connectivity index (χ2v) is 8.55. The monoisotopic (exact) mass is 496 g/mol. The van der Waals surface area contributed by atoms with E-state index in [1.54, 1.807) is 23.6 Å². The van der Waals surface area contributed by atoms with Crippen molar-refractivity contribution >= 4 is 34.7 Å². The zero-order valence-electron chi connectivity index (χ0n) is 19.9. The van der Waals surface area contributed by atoms with Crippen LogP contribution in [0, 0.1) is 19.7 Å². The number of rotatable bonds is 8. The van der Waals surface area contributed by atoms with Crippen LogP contribution in [0.5, 0.6) is 11.5 Å². The fraction of sp³-hybridized carbons (Fsp3) is 0.231. The number of amides is 1. The van der Waals surface area contributed by atoms with E-state index < -0.39 is 11.7 Å². The zero-order valence-corrected chi connectivity index (χ0v) is 20.7. The number of imidazole rings is 1. The van der Waals surface area contributed by atoms with Gasteiger partial charge in [-0.25, -0.2) is 9.37 Å². The quantitative estimate of drug-likeness (QED) is 0.332. The zero-order chi connectivity index (χ0) is 25.3. The molecule has 0 aliphatic rings. The Morgan fingerprint density at radius 2 is 2.00 bits per heavy atom. The number of pyridine rings is 1. The van der Waals surface area contributed by atoms with Crippen LogP contribution in [-0.2, 0) is 11.2 Å². The molecule has 9 heteroatoms. The Kier molecular flexibility index (Phi) is 6.84. The Hall–Kier alpha value is -3.78. The number of aryl methyl sites for hydroxylation is 2. The molecule has 7 nitrogen and oxygen atoms in total. The summed E-state index contributed by atoms with van der Waals surface area (Å²) in [4.78, 5) is 16.3. The number of fused-ring (bicyclic) bond motifs is 1. The fourth-order valence-electron chi connectivity index (χ4n) is 4.02. The normalized spacial score (nSPS) is 11.0. The predicted octanol–water partition coefficient (Wildman–Crippen LogP) is 5.59. The average Bonchev–Trinajstić information content (AvgIpc) is 3.18. The van der Waals surface area contributed by atoms with Crippen molar-refractivity contribution in [2.75, 3.05) is 19.0 Å². The molecule has 0 aliphatic heterocycles. The number of hydrogen-bond donors (Lipinski definition) is 2. The molecule has 0 saturated carbocycles. The summed E-state index contributed by atoms with van der Waals surface area (Å²) in [6.45, 7) is 5.54. The number of methoxy groups -OCH3 is 1. The number of anilines is 2. The number of aromatic nitrogens is 2. The summed E-state index contributed by atoms with van der Waals surface area (Å²) >= 11 is 6.40. The third-order valence-electron chi connectivity index (χ3n) is 5.81. The van der Waals surface area contributed by atoms with Crippen molar-refractivity contribution in [2.45, 2.75) is 27.2 Å². The van der Waals surface area contributed by atoms with E-state index in [2.05, 4.69) is 5.32 Å². The van der Waals surface area contributed by atoms with E-state index >= 15 is 0 Å². The summed E-state index contributed by atoms with van der Waals surface area (Å²) in [6, 6.07) is 10.3. The number of carbonyl (C=O) groups excluding carboxylic acids is 1. The van der Waals surface area contributed by atoms with Crippen molar-refractivity contribution in [3.05, 3.63) is 70.1 Å². The summed E-state index contributed by atoms with van der Waals surface area (Å²) < 4.78 is 27.2. The number of halogens is 2. The third-order valence-corrected chi connectivity index (χ3v) is 6.22. The van der Waals surface area contributed by atoms with Crippen LogP contribution >= 0.6 is 11.6 Å². The first-order chi connectivity index (χ1) is 16.7. The largest absolute Gasteiger partial charge is 0.497 e. The number of ether oxygens (including phenoxy) is 2. The van der Waals surface area contributed by atoms with Crippen LogP contribution in [0.15, 0.2) is 42.6 Å². The van der Waals surface area contributed by atoms with Crippen LogP contribution in [0.4, 0.5) is 15.9 Å². The van der Waals surface area contributed by atoms with Gasteiger partial charge in [-0.05, 0) is 61.2 Å². The predicted molar refractivity (Wildman–Crippen MR) is 135 cm³/mol. The van der Waals surface area contributed by atoms with E-state index in [-0.39, 0.29) is 6.61 Å². The highest BCUT2D eigenvalue weighted by Crippen LogP contribution is 2.42. The van der Waals surface area contributed by atoms with Gasteiger partial charge in [-0.3, -0.25) is 9.20 Å². The third kappa shape index (κ3) is 4.74. The molecular weight excluding hydrogens is 471 g/mol. The molecule has 35 heavy (non-hydrogen) atoms. The Morgan fingerprint density at radius 1 is 1.23 bits per heavy atom. The van der Waals surface area contributed by atoms with E-state index in [1.807, 2.05) is 39.0 Å². The van der Waals surface area contributed by atoms with Gasteiger partial charge in [-0.15, -0.1) is 0 Å². The molecule has 4 aromatic rings. The van der Waals surface area contributed by atoms with E-state index in [9.17, 15) is 9.18 Å². The number of carbonyl (C=O) groups is 1. The van der Waals surface area contributed by atoms with Crippen LogP contribution in [-0.4, -0.2) is 29.0 Å². The van der Waals surface area contributed by atoms with Crippen LogP contribution in [0.25, 0.3) is 16.9 Å². The number of nitrogens with two attached hydrogens (primary N) is 1. The lowest BCUT2D eigenvalue weighted by Gasteiger charge is -2.18. The summed E-state index contributed by atoms with van der Waals surface area (Å²) in [7, 11) is 1.55. The summed E-state index contributed by atoms with van der Waals surface area (Å²) in [5.74, 6) is 0.441. The highest BCUT2D eigenvalue weighted by Gasteiger charge is 2.24. The summed E-state index contributed by atoms with van der Waals surface area (Å²) in [5, 5.41) is 4.04. The van der Waals surface area contributed by atoms with E-state index in [4.69, 9.17) is 31.8 Å². The minimum Gasteiger partial charge on any atom is -0.497 e. The number of hydrogen-bond acceptors (Lipinski definition) is 5. The highest BCUT2D eigenvalue weighted by molar-refractivity contribution is 6.31. The SMILES string of the molecule is CCc1cc(OC)cc(OCC(N)=O)c1-c1nc2ccc(F)cn2c1Nc1c(C)ccc(Cl)c1C. The molecular formula is C26H26ClFN4O3. The number of benzene rings is 2. The Labute approximate surface area is 207 Å². The van der Waals surface area contributed by atoms with Gasteiger partial charge >= 0.3 is 0 Å². The van der Waals surface area contributed by atoms with Crippen LogP contribution in [0.3, 0.4) is 0 Å². The Bertz CT molecular complexity index is 1430. The fourth-order valence-corrected chi connectivity index (χ4v) is 4.18. The molecule has 0 spiro atoms. The molecule has 0 radical (unpaired) electrons. The van der Waals surface area contributed by atoms with Gasteiger partial charge < -0.3 is 20.5 Å². The van der Waals surface area contributed by atoms with E-state index in [0.717, 1.165) is 22.4 Å². The van der Waals surface area contributed by atoms with Gasteiger partial charge in [0.2, 0.25) is 0 Å². The molecule has 0 fully saturated rings. The Morgan fingerprint density at radius 3 is 2.69 bits per heavy atom. The van der Waals surface area contributed by atoms with Gasteiger partial charge in [0.25, 0.3) is 5.91 Å². The lowest BCUT2D eigenvalue weighted by molar-refractivity contribution is -0.119. The van der Waals surface area contributed by atoms with Gasteiger partial charge in [-0.2, -0.15) is 0 Å². The van der Waals surface area contributed by atoms with Crippen molar-refractivity contribution < 1.29 is 18.7 Å². The van der Waals surface area contributed by atoms with Crippen molar-refractivity contribution in [1.82, 2.24) is 9.38 Å². The van der Waals surface area contributed by atoms with Gasteiger partial charge in [0, 0.05) is 28.5 Å². The van der Waals surface area contributed by atoms with Gasteiger partial charge in [-0.1, -0.05) is 24.6 Å². The molecule has 1 amide bonds. The molecule has 2 aromatic heterocycles. The number of nitrogens with zero attached hydrogens (tertiary/aromatic N) is 2. The molecule has 0 bridgehead atoms. The molecule has 2 heterocycles. The molecule has 0 unspecified atom stereocenters. The highest BCUT2D eigenvalue weighted by atomic mass is 35.5. The second kappa shape index (κ2) is 9.84. The molecule has 0 aliphatic carbocycles.